The predicted molar refractivity (Wildman–Crippen MR) is 140 cm³/mol. The number of aryl methyl sites for hydroxylation is 2. The first kappa shape index (κ1) is 19.4. The van der Waals surface area contributed by atoms with Crippen molar-refractivity contribution in [1.82, 2.24) is 9.97 Å². The first-order valence-corrected chi connectivity index (χ1v) is 12.2. The summed E-state index contributed by atoms with van der Waals surface area (Å²) in [6, 6.07) is 28.3. The summed E-state index contributed by atoms with van der Waals surface area (Å²) < 4.78 is 1.11. The largest absolute Gasteiger partial charge is 0.298 e. The molecule has 1 N–H and O–H groups in total. The van der Waals surface area contributed by atoms with E-state index in [0.29, 0.717) is 10.7 Å². The minimum atomic E-state index is -0.174. The molecule has 34 heavy (non-hydrogen) atoms. The van der Waals surface area contributed by atoms with Gasteiger partial charge in [0.05, 0.1) is 27.0 Å². The molecular formula is C29H19N3OS. The van der Waals surface area contributed by atoms with Crippen molar-refractivity contribution < 1.29 is 4.79 Å². The predicted octanol–water partition coefficient (Wildman–Crippen LogP) is 7.02. The van der Waals surface area contributed by atoms with Crippen LogP contribution >= 0.6 is 11.3 Å². The van der Waals surface area contributed by atoms with E-state index >= 15 is 0 Å². The number of benzene rings is 4. The number of thiazole rings is 1. The van der Waals surface area contributed by atoms with E-state index in [4.69, 9.17) is 9.97 Å². The number of hydrogen-bond donors (Lipinski definition) is 1. The monoisotopic (exact) mass is 457 g/mol. The zero-order valence-corrected chi connectivity index (χ0v) is 19.0. The molecule has 1 amide bonds. The molecule has 1 aliphatic rings. The van der Waals surface area contributed by atoms with Crippen LogP contribution in [-0.4, -0.2) is 15.9 Å². The maximum atomic E-state index is 13.5. The van der Waals surface area contributed by atoms with Crippen LogP contribution < -0.4 is 5.32 Å². The molecule has 5 heteroatoms. The normalized spacial score (nSPS) is 12.6. The van der Waals surface area contributed by atoms with Crippen LogP contribution in [0.25, 0.3) is 43.1 Å². The molecule has 7 rings (SSSR count). The van der Waals surface area contributed by atoms with Crippen molar-refractivity contribution in [3.05, 3.63) is 102 Å². The summed E-state index contributed by atoms with van der Waals surface area (Å²) in [4.78, 5) is 23.2. The standard InChI is InChI=1S/C29H19N3OS/c33-28(22-16-24(17-7-2-1-3-8-17)30-23-12-5-4-10-20(22)23)32-29-31-27-21-11-6-9-18-13-14-19(26(18)21)15-25(27)34-29/h1-12,15-16H,13-14H2,(H,31,32,33). The van der Waals surface area contributed by atoms with Crippen molar-refractivity contribution in [3.63, 3.8) is 0 Å². The molecule has 4 aromatic carbocycles. The third-order valence-electron chi connectivity index (χ3n) is 6.60. The average Bonchev–Trinajstić information content (AvgIpc) is 3.49. The highest BCUT2D eigenvalue weighted by Gasteiger charge is 2.20. The molecular weight excluding hydrogens is 438 g/mol. The maximum absolute atomic E-state index is 13.5. The number of aromatic nitrogens is 2. The lowest BCUT2D eigenvalue weighted by molar-refractivity contribution is 0.102. The van der Waals surface area contributed by atoms with Crippen LogP contribution in [0.15, 0.2) is 84.9 Å². The van der Waals surface area contributed by atoms with Crippen molar-refractivity contribution in [2.75, 3.05) is 5.32 Å². The van der Waals surface area contributed by atoms with Crippen molar-refractivity contribution in [2.45, 2.75) is 12.8 Å². The summed E-state index contributed by atoms with van der Waals surface area (Å²) in [6.45, 7) is 0. The van der Waals surface area contributed by atoms with Crippen molar-refractivity contribution in [2.24, 2.45) is 0 Å². The van der Waals surface area contributed by atoms with Crippen molar-refractivity contribution in [1.29, 1.82) is 0 Å². The lowest BCUT2D eigenvalue weighted by Gasteiger charge is -2.09. The van der Waals surface area contributed by atoms with Gasteiger partial charge in [-0.15, -0.1) is 0 Å². The number of para-hydroxylation sites is 1. The molecule has 1 aliphatic carbocycles. The summed E-state index contributed by atoms with van der Waals surface area (Å²) in [5, 5.41) is 7.04. The molecule has 0 saturated heterocycles. The molecule has 2 heterocycles. The van der Waals surface area contributed by atoms with Gasteiger partial charge in [0.15, 0.2) is 5.13 Å². The van der Waals surface area contributed by atoms with Gasteiger partial charge in [-0.3, -0.25) is 10.1 Å². The smallest absolute Gasteiger partial charge is 0.258 e. The molecule has 2 aromatic heterocycles. The summed E-state index contributed by atoms with van der Waals surface area (Å²) in [6.07, 6.45) is 2.16. The van der Waals surface area contributed by atoms with E-state index in [1.807, 2.05) is 60.7 Å². The van der Waals surface area contributed by atoms with E-state index in [2.05, 4.69) is 29.6 Å². The van der Waals surface area contributed by atoms with Gasteiger partial charge in [0.2, 0.25) is 0 Å². The number of rotatable bonds is 3. The van der Waals surface area contributed by atoms with Crippen molar-refractivity contribution >= 4 is 54.3 Å². The zero-order chi connectivity index (χ0) is 22.6. The number of nitrogens with zero attached hydrogens (tertiary/aromatic N) is 2. The molecule has 0 unspecified atom stereocenters. The molecule has 0 radical (unpaired) electrons. The van der Waals surface area contributed by atoms with E-state index in [9.17, 15) is 4.79 Å². The van der Waals surface area contributed by atoms with Gasteiger partial charge < -0.3 is 0 Å². The number of amides is 1. The molecule has 0 atom stereocenters. The lowest BCUT2D eigenvalue weighted by atomic mass is 10.0. The number of carbonyl (C=O) groups excluding carboxylic acids is 1. The zero-order valence-electron chi connectivity index (χ0n) is 18.2. The summed E-state index contributed by atoms with van der Waals surface area (Å²) in [5.74, 6) is -0.174. The number of fused-ring (bicyclic) bond motifs is 3. The fourth-order valence-electron chi connectivity index (χ4n) is 5.04. The van der Waals surface area contributed by atoms with Gasteiger partial charge in [-0.05, 0) is 47.6 Å². The SMILES string of the molecule is O=C(Nc1nc2c(cc3c4c(cccc42)CC3)s1)c1cc(-c2ccccc2)nc2ccccc12. The van der Waals surface area contributed by atoms with Gasteiger partial charge in [-0.1, -0.05) is 78.1 Å². The highest BCUT2D eigenvalue weighted by Crippen LogP contribution is 2.39. The molecule has 4 nitrogen and oxygen atoms in total. The van der Waals surface area contributed by atoms with Crippen LogP contribution in [-0.2, 0) is 12.8 Å². The van der Waals surface area contributed by atoms with E-state index in [0.717, 1.165) is 45.2 Å². The van der Waals surface area contributed by atoms with Gasteiger partial charge in [-0.2, -0.15) is 0 Å². The average molecular weight is 458 g/mol. The van der Waals surface area contributed by atoms with Gasteiger partial charge >= 0.3 is 0 Å². The molecule has 0 fully saturated rings. The Hall–Kier alpha value is -4.09. The topological polar surface area (TPSA) is 54.9 Å². The highest BCUT2D eigenvalue weighted by atomic mass is 32.1. The summed E-state index contributed by atoms with van der Waals surface area (Å²) in [5.41, 5.74) is 6.89. The Morgan fingerprint density at radius 1 is 0.794 bits per heavy atom. The van der Waals surface area contributed by atoms with E-state index < -0.39 is 0 Å². The molecule has 0 saturated carbocycles. The molecule has 0 bridgehead atoms. The molecule has 6 aromatic rings. The fraction of sp³-hybridized carbons (Fsp3) is 0.0690. The Bertz CT molecular complexity index is 1750. The Labute approximate surface area is 199 Å². The number of anilines is 1. The summed E-state index contributed by atoms with van der Waals surface area (Å²) >= 11 is 1.54. The van der Waals surface area contributed by atoms with Crippen LogP contribution in [0.1, 0.15) is 21.5 Å². The second-order valence-electron chi connectivity index (χ2n) is 8.63. The van der Waals surface area contributed by atoms with Crippen LogP contribution in [0, 0.1) is 0 Å². The van der Waals surface area contributed by atoms with Gasteiger partial charge in [0.25, 0.3) is 5.91 Å². The Kier molecular flexibility index (Phi) is 4.26. The highest BCUT2D eigenvalue weighted by molar-refractivity contribution is 7.22. The Morgan fingerprint density at radius 2 is 1.59 bits per heavy atom. The quantitative estimate of drug-likeness (QED) is 0.311. The number of pyridine rings is 1. The maximum Gasteiger partial charge on any atom is 0.258 e. The third-order valence-corrected chi connectivity index (χ3v) is 7.52. The third kappa shape index (κ3) is 3.01. The van der Waals surface area contributed by atoms with Crippen LogP contribution in [0.3, 0.4) is 0 Å². The first-order valence-electron chi connectivity index (χ1n) is 11.4. The molecule has 0 spiro atoms. The molecule has 0 aliphatic heterocycles. The number of carbonyl (C=O) groups is 1. The minimum absolute atomic E-state index is 0.174. The Balaban J connectivity index is 1.33. The van der Waals surface area contributed by atoms with Crippen LogP contribution in [0.2, 0.25) is 0 Å². The second kappa shape index (κ2) is 7.47. The van der Waals surface area contributed by atoms with Gasteiger partial charge in [0, 0.05) is 16.3 Å². The molecule has 162 valence electrons. The van der Waals surface area contributed by atoms with Gasteiger partial charge in [0.1, 0.15) is 0 Å². The lowest BCUT2D eigenvalue weighted by Crippen LogP contribution is -2.13. The van der Waals surface area contributed by atoms with Crippen molar-refractivity contribution in [3.8, 4) is 11.3 Å². The minimum Gasteiger partial charge on any atom is -0.298 e. The van der Waals surface area contributed by atoms with Gasteiger partial charge in [-0.25, -0.2) is 9.97 Å². The second-order valence-corrected chi connectivity index (χ2v) is 9.66. The summed E-state index contributed by atoms with van der Waals surface area (Å²) in [7, 11) is 0. The number of nitrogens with one attached hydrogen (secondary N) is 1. The number of hydrogen-bond acceptors (Lipinski definition) is 4. The Morgan fingerprint density at radius 3 is 2.50 bits per heavy atom. The van der Waals surface area contributed by atoms with Crippen LogP contribution in [0.4, 0.5) is 5.13 Å². The van der Waals surface area contributed by atoms with Crippen LogP contribution in [0.5, 0.6) is 0 Å². The van der Waals surface area contributed by atoms with E-state index in [1.165, 1.54) is 33.2 Å². The fourth-order valence-corrected chi connectivity index (χ4v) is 5.99. The van der Waals surface area contributed by atoms with E-state index in [-0.39, 0.29) is 5.91 Å². The first-order chi connectivity index (χ1) is 16.7. The van der Waals surface area contributed by atoms with E-state index in [1.54, 1.807) is 0 Å².